The Labute approximate surface area is 223 Å². The average molecular weight is 527 g/mol. The van der Waals surface area contributed by atoms with E-state index in [0.29, 0.717) is 27.3 Å². The molecule has 1 N–H and O–H groups in total. The molecule has 3 rings (SSSR count). The lowest BCUT2D eigenvalue weighted by atomic mass is 10.0. The molecule has 0 aliphatic heterocycles. The van der Waals surface area contributed by atoms with Crippen molar-refractivity contribution < 1.29 is 9.59 Å². The zero-order valence-corrected chi connectivity index (χ0v) is 22.9. The number of hydrogen-bond acceptors (Lipinski definition) is 5. The molecule has 1 aromatic heterocycles. The molecule has 1 unspecified atom stereocenters. The van der Waals surface area contributed by atoms with Crippen LogP contribution < -0.4 is 5.32 Å². The Balaban J connectivity index is 1.57. The third kappa shape index (κ3) is 8.14. The van der Waals surface area contributed by atoms with E-state index in [9.17, 15) is 9.59 Å². The summed E-state index contributed by atoms with van der Waals surface area (Å²) in [5, 5.41) is 12.8. The first kappa shape index (κ1) is 27.8. The summed E-state index contributed by atoms with van der Waals surface area (Å²) in [7, 11) is 0. The number of benzene rings is 2. The Bertz CT molecular complexity index is 1130. The number of nitrogens with zero attached hydrogens (tertiary/aromatic N) is 3. The predicted octanol–water partition coefficient (Wildman–Crippen LogP) is 7.25. The van der Waals surface area contributed by atoms with Gasteiger partial charge in [0.2, 0.25) is 11.0 Å². The van der Waals surface area contributed by atoms with Gasteiger partial charge >= 0.3 is 0 Å². The van der Waals surface area contributed by atoms with Crippen LogP contribution in [0.5, 0.6) is 0 Å². The SMILES string of the molecule is CCCCCCc1ccc(C(=O)N(CCC(=O)Nc2nnc(-c3cccc(Cl)c3)s2)C(C)CC)cc1. The smallest absolute Gasteiger partial charge is 0.254 e. The number of carbonyl (C=O) groups is 2. The van der Waals surface area contributed by atoms with E-state index in [2.05, 4.69) is 22.4 Å². The van der Waals surface area contributed by atoms with Crippen molar-refractivity contribution in [1.82, 2.24) is 15.1 Å². The minimum Gasteiger partial charge on any atom is -0.335 e. The number of amides is 2. The molecule has 3 aromatic rings. The molecular weight excluding hydrogens is 492 g/mol. The molecule has 8 heteroatoms. The number of aromatic nitrogens is 2. The summed E-state index contributed by atoms with van der Waals surface area (Å²) < 4.78 is 0. The first-order chi connectivity index (χ1) is 17.4. The molecule has 192 valence electrons. The van der Waals surface area contributed by atoms with Crippen LogP contribution in [0.2, 0.25) is 5.02 Å². The molecule has 0 aliphatic carbocycles. The van der Waals surface area contributed by atoms with Crippen LogP contribution in [-0.4, -0.2) is 39.5 Å². The number of anilines is 1. The van der Waals surface area contributed by atoms with E-state index in [1.54, 1.807) is 11.0 Å². The molecule has 0 spiro atoms. The van der Waals surface area contributed by atoms with Gasteiger partial charge in [-0.05, 0) is 56.0 Å². The van der Waals surface area contributed by atoms with Gasteiger partial charge in [0.1, 0.15) is 5.01 Å². The monoisotopic (exact) mass is 526 g/mol. The van der Waals surface area contributed by atoms with Crippen LogP contribution in [0.3, 0.4) is 0 Å². The Morgan fingerprint density at radius 2 is 1.83 bits per heavy atom. The van der Waals surface area contributed by atoms with Gasteiger partial charge in [0.05, 0.1) is 0 Å². The number of carbonyl (C=O) groups excluding carboxylic acids is 2. The van der Waals surface area contributed by atoms with Crippen molar-refractivity contribution in [3.8, 4) is 10.6 Å². The van der Waals surface area contributed by atoms with Crippen molar-refractivity contribution in [3.63, 3.8) is 0 Å². The largest absolute Gasteiger partial charge is 0.335 e. The fourth-order valence-corrected chi connectivity index (χ4v) is 4.84. The zero-order valence-electron chi connectivity index (χ0n) is 21.3. The van der Waals surface area contributed by atoms with Crippen molar-refractivity contribution in [2.75, 3.05) is 11.9 Å². The maximum atomic E-state index is 13.3. The summed E-state index contributed by atoms with van der Waals surface area (Å²) in [5.74, 6) is -0.249. The highest BCUT2D eigenvalue weighted by molar-refractivity contribution is 7.18. The van der Waals surface area contributed by atoms with Gasteiger partial charge in [0.15, 0.2) is 0 Å². The van der Waals surface area contributed by atoms with Crippen LogP contribution in [0.4, 0.5) is 5.13 Å². The fraction of sp³-hybridized carbons (Fsp3) is 0.429. The van der Waals surface area contributed by atoms with E-state index in [0.717, 1.165) is 18.4 Å². The molecule has 0 bridgehead atoms. The van der Waals surface area contributed by atoms with Crippen LogP contribution in [0.1, 0.15) is 75.2 Å². The molecule has 0 fully saturated rings. The summed E-state index contributed by atoms with van der Waals surface area (Å²) in [4.78, 5) is 27.7. The predicted molar refractivity (Wildman–Crippen MR) is 149 cm³/mol. The molecule has 0 radical (unpaired) electrons. The van der Waals surface area contributed by atoms with Gasteiger partial charge in [0.25, 0.3) is 5.91 Å². The molecule has 2 amide bonds. The van der Waals surface area contributed by atoms with E-state index in [4.69, 9.17) is 11.6 Å². The molecule has 0 saturated heterocycles. The zero-order chi connectivity index (χ0) is 25.9. The number of aryl methyl sites for hydroxylation is 1. The maximum absolute atomic E-state index is 13.3. The second-order valence-electron chi connectivity index (χ2n) is 8.98. The van der Waals surface area contributed by atoms with E-state index < -0.39 is 0 Å². The first-order valence-electron chi connectivity index (χ1n) is 12.7. The molecule has 0 aliphatic rings. The highest BCUT2D eigenvalue weighted by Crippen LogP contribution is 2.28. The quantitative estimate of drug-likeness (QED) is 0.238. The standard InChI is InChI=1S/C28H35ClN4O2S/c1-4-6-7-8-10-21-13-15-22(16-14-21)27(35)33(20(3)5-2)18-17-25(34)30-28-32-31-26(36-28)23-11-9-12-24(29)19-23/h9,11-16,19-20H,4-8,10,17-18H2,1-3H3,(H,30,32,34). The molecule has 36 heavy (non-hydrogen) atoms. The Hall–Kier alpha value is -2.77. The first-order valence-corrected chi connectivity index (χ1v) is 13.9. The van der Waals surface area contributed by atoms with Gasteiger partial charge in [-0.15, -0.1) is 10.2 Å². The lowest BCUT2D eigenvalue weighted by Gasteiger charge is -2.28. The van der Waals surface area contributed by atoms with Gasteiger partial charge in [-0.2, -0.15) is 0 Å². The lowest BCUT2D eigenvalue weighted by Crippen LogP contribution is -2.40. The Kier molecular flexibility index (Phi) is 10.9. The van der Waals surface area contributed by atoms with Crippen LogP contribution in [0, 0.1) is 0 Å². The summed E-state index contributed by atoms with van der Waals surface area (Å²) in [5.41, 5.74) is 2.76. The van der Waals surface area contributed by atoms with Gasteiger partial charge in [-0.25, -0.2) is 0 Å². The second-order valence-corrected chi connectivity index (χ2v) is 10.4. The van der Waals surface area contributed by atoms with Gasteiger partial charge in [-0.1, -0.05) is 80.3 Å². The normalized spacial score (nSPS) is 11.8. The van der Waals surface area contributed by atoms with Crippen molar-refractivity contribution in [2.24, 2.45) is 0 Å². The molecule has 1 heterocycles. The van der Waals surface area contributed by atoms with Crippen LogP contribution in [-0.2, 0) is 11.2 Å². The Morgan fingerprint density at radius 1 is 1.06 bits per heavy atom. The van der Waals surface area contributed by atoms with Crippen molar-refractivity contribution >= 4 is 39.9 Å². The Morgan fingerprint density at radius 3 is 2.53 bits per heavy atom. The highest BCUT2D eigenvalue weighted by atomic mass is 35.5. The average Bonchev–Trinajstić information content (AvgIpc) is 3.35. The minimum absolute atomic E-state index is 0.0231. The van der Waals surface area contributed by atoms with E-state index in [1.807, 2.05) is 56.3 Å². The van der Waals surface area contributed by atoms with Crippen LogP contribution >= 0.6 is 22.9 Å². The maximum Gasteiger partial charge on any atom is 0.254 e. The number of unbranched alkanes of at least 4 members (excludes halogenated alkanes) is 3. The topological polar surface area (TPSA) is 75.2 Å². The second kappa shape index (κ2) is 14.1. The molecular formula is C28H35ClN4O2S. The fourth-order valence-electron chi connectivity index (χ4n) is 3.89. The number of nitrogens with one attached hydrogen (secondary N) is 1. The summed E-state index contributed by atoms with van der Waals surface area (Å²) in [6.07, 6.45) is 6.91. The van der Waals surface area contributed by atoms with Crippen molar-refractivity contribution in [1.29, 1.82) is 0 Å². The summed E-state index contributed by atoms with van der Waals surface area (Å²) >= 11 is 7.34. The molecule has 6 nitrogen and oxygen atoms in total. The van der Waals surface area contributed by atoms with Crippen molar-refractivity contribution in [2.45, 2.75) is 71.8 Å². The van der Waals surface area contributed by atoms with E-state index >= 15 is 0 Å². The molecule has 2 aromatic carbocycles. The van der Waals surface area contributed by atoms with Gasteiger partial charge < -0.3 is 10.2 Å². The third-order valence-corrected chi connectivity index (χ3v) is 7.35. The van der Waals surface area contributed by atoms with Crippen molar-refractivity contribution in [3.05, 3.63) is 64.7 Å². The lowest BCUT2D eigenvalue weighted by molar-refractivity contribution is -0.116. The van der Waals surface area contributed by atoms with E-state index in [-0.39, 0.29) is 24.3 Å². The molecule has 1 atom stereocenters. The highest BCUT2D eigenvalue weighted by Gasteiger charge is 2.22. The number of hydrogen-bond donors (Lipinski definition) is 1. The van der Waals surface area contributed by atoms with Gasteiger partial charge in [-0.3, -0.25) is 9.59 Å². The third-order valence-electron chi connectivity index (χ3n) is 6.23. The van der Waals surface area contributed by atoms with Crippen LogP contribution in [0.25, 0.3) is 10.6 Å². The van der Waals surface area contributed by atoms with Gasteiger partial charge in [0, 0.05) is 35.2 Å². The van der Waals surface area contributed by atoms with E-state index in [1.165, 1.54) is 42.6 Å². The van der Waals surface area contributed by atoms with Crippen LogP contribution in [0.15, 0.2) is 48.5 Å². The molecule has 0 saturated carbocycles. The minimum atomic E-state index is -0.202. The number of rotatable bonds is 13. The summed E-state index contributed by atoms with van der Waals surface area (Å²) in [6, 6.07) is 15.3. The summed E-state index contributed by atoms with van der Waals surface area (Å²) in [6.45, 7) is 6.60. The number of halogens is 1.